The molecule has 0 amide bonds. The lowest BCUT2D eigenvalue weighted by molar-refractivity contribution is 0.0696. The summed E-state index contributed by atoms with van der Waals surface area (Å²) in [5.41, 5.74) is 1.18. The highest BCUT2D eigenvalue weighted by Crippen LogP contribution is 2.16. The van der Waals surface area contributed by atoms with Gasteiger partial charge in [0.05, 0.1) is 11.3 Å². The van der Waals surface area contributed by atoms with Gasteiger partial charge in [-0.1, -0.05) is 24.1 Å². The molecule has 1 rings (SSSR count). The van der Waals surface area contributed by atoms with Gasteiger partial charge in [-0.05, 0) is 11.6 Å². The lowest BCUT2D eigenvalue weighted by atomic mass is 10.1. The van der Waals surface area contributed by atoms with Crippen molar-refractivity contribution >= 4 is 17.7 Å². The number of carbonyl (C=O) groups is 1. The van der Waals surface area contributed by atoms with Crippen molar-refractivity contribution in [2.45, 2.75) is 5.75 Å². The molecule has 0 saturated carbocycles. The highest BCUT2D eigenvalue weighted by molar-refractivity contribution is 7.98. The minimum Gasteiger partial charge on any atom is -0.478 e. The Labute approximate surface area is 87.3 Å². The molecule has 0 saturated heterocycles. The zero-order chi connectivity index (χ0) is 10.4. The second-order valence-corrected chi connectivity index (χ2v) is 3.64. The molecule has 1 N–H and O–H groups in total. The Kier molecular flexibility index (Phi) is 4.09. The molecule has 0 unspecified atom stereocenters. The van der Waals surface area contributed by atoms with Crippen molar-refractivity contribution in [2.75, 3.05) is 5.75 Å². The average molecular weight is 206 g/mol. The molecule has 72 valence electrons. The predicted octanol–water partition coefficient (Wildman–Crippen LogP) is 2.25. The van der Waals surface area contributed by atoms with Crippen LogP contribution in [0, 0.1) is 12.3 Å². The van der Waals surface area contributed by atoms with Crippen LogP contribution in [0.4, 0.5) is 0 Å². The number of rotatable bonds is 4. The zero-order valence-corrected chi connectivity index (χ0v) is 8.38. The fraction of sp³-hybridized carbons (Fsp3) is 0.182. The average Bonchev–Trinajstić information content (AvgIpc) is 2.19. The van der Waals surface area contributed by atoms with Crippen molar-refractivity contribution in [2.24, 2.45) is 0 Å². The normalized spacial score (nSPS) is 9.36. The first kappa shape index (κ1) is 10.7. The van der Waals surface area contributed by atoms with Crippen molar-refractivity contribution in [3.8, 4) is 12.3 Å². The molecule has 1 aromatic carbocycles. The molecule has 0 atom stereocenters. The Morgan fingerprint density at radius 1 is 1.50 bits per heavy atom. The fourth-order valence-corrected chi connectivity index (χ4v) is 1.77. The van der Waals surface area contributed by atoms with Gasteiger partial charge in [0.25, 0.3) is 0 Å². The van der Waals surface area contributed by atoms with E-state index in [0.29, 0.717) is 17.1 Å². The number of terminal acetylenes is 1. The maximum absolute atomic E-state index is 10.8. The highest BCUT2D eigenvalue weighted by Gasteiger charge is 2.07. The SMILES string of the molecule is C#CCSCc1ccccc1C(=O)O. The van der Waals surface area contributed by atoms with Gasteiger partial charge in [0.1, 0.15) is 0 Å². The van der Waals surface area contributed by atoms with Gasteiger partial charge in [0.2, 0.25) is 0 Å². The molecule has 0 aliphatic heterocycles. The summed E-state index contributed by atoms with van der Waals surface area (Å²) in [5.74, 6) is 2.87. The van der Waals surface area contributed by atoms with E-state index >= 15 is 0 Å². The third-order valence-electron chi connectivity index (χ3n) is 1.69. The van der Waals surface area contributed by atoms with Gasteiger partial charge < -0.3 is 5.11 Å². The van der Waals surface area contributed by atoms with E-state index in [1.807, 2.05) is 12.1 Å². The summed E-state index contributed by atoms with van der Waals surface area (Å²) in [6, 6.07) is 6.97. The van der Waals surface area contributed by atoms with Crippen LogP contribution in [0.3, 0.4) is 0 Å². The summed E-state index contributed by atoms with van der Waals surface area (Å²) in [5, 5.41) is 8.87. The van der Waals surface area contributed by atoms with E-state index in [2.05, 4.69) is 5.92 Å². The Hall–Kier alpha value is -1.40. The number of aromatic carboxylic acids is 1. The minimum absolute atomic E-state index is 0.358. The highest BCUT2D eigenvalue weighted by atomic mass is 32.2. The Morgan fingerprint density at radius 3 is 2.86 bits per heavy atom. The molecule has 2 nitrogen and oxygen atoms in total. The Balaban J connectivity index is 2.75. The van der Waals surface area contributed by atoms with E-state index in [1.165, 1.54) is 11.8 Å². The molecule has 0 radical (unpaired) electrons. The Bertz CT molecular complexity index is 366. The Morgan fingerprint density at radius 2 is 2.21 bits per heavy atom. The standard InChI is InChI=1S/C11H10O2S/c1-2-7-14-8-9-5-3-4-6-10(9)11(12)13/h1,3-6H,7-8H2,(H,12,13). The number of hydrogen-bond donors (Lipinski definition) is 1. The molecule has 14 heavy (non-hydrogen) atoms. The molecule has 0 spiro atoms. The number of thioether (sulfide) groups is 1. The summed E-state index contributed by atoms with van der Waals surface area (Å²) in [4.78, 5) is 10.8. The molecule has 0 aliphatic carbocycles. The van der Waals surface area contributed by atoms with Crippen LogP contribution >= 0.6 is 11.8 Å². The van der Waals surface area contributed by atoms with E-state index in [4.69, 9.17) is 11.5 Å². The van der Waals surface area contributed by atoms with Crippen molar-refractivity contribution in [1.82, 2.24) is 0 Å². The van der Waals surface area contributed by atoms with Crippen molar-refractivity contribution in [3.63, 3.8) is 0 Å². The molecule has 0 heterocycles. The summed E-state index contributed by atoms with van der Waals surface area (Å²) in [6.07, 6.45) is 5.10. The van der Waals surface area contributed by atoms with Crippen LogP contribution in [-0.4, -0.2) is 16.8 Å². The van der Waals surface area contributed by atoms with Crippen LogP contribution in [0.15, 0.2) is 24.3 Å². The molecule has 0 bridgehead atoms. The van der Waals surface area contributed by atoms with Crippen molar-refractivity contribution < 1.29 is 9.90 Å². The smallest absolute Gasteiger partial charge is 0.335 e. The quantitative estimate of drug-likeness (QED) is 0.606. The molecule has 3 heteroatoms. The topological polar surface area (TPSA) is 37.3 Å². The van der Waals surface area contributed by atoms with Crippen molar-refractivity contribution in [1.29, 1.82) is 0 Å². The second-order valence-electron chi connectivity index (χ2n) is 2.66. The van der Waals surface area contributed by atoms with Gasteiger partial charge in [-0.3, -0.25) is 0 Å². The third kappa shape index (κ3) is 2.82. The largest absolute Gasteiger partial charge is 0.478 e. The summed E-state index contributed by atoms with van der Waals surface area (Å²) in [6.45, 7) is 0. The van der Waals surface area contributed by atoms with E-state index in [-0.39, 0.29) is 0 Å². The fourth-order valence-electron chi connectivity index (χ4n) is 1.07. The van der Waals surface area contributed by atoms with E-state index < -0.39 is 5.97 Å². The van der Waals surface area contributed by atoms with Gasteiger partial charge in [-0.2, -0.15) is 0 Å². The van der Waals surface area contributed by atoms with E-state index in [1.54, 1.807) is 12.1 Å². The lowest BCUT2D eigenvalue weighted by Gasteiger charge is -2.03. The van der Waals surface area contributed by atoms with Crippen LogP contribution in [0.25, 0.3) is 0 Å². The molecular formula is C11H10O2S. The molecule has 0 aliphatic rings. The van der Waals surface area contributed by atoms with Crippen LogP contribution in [-0.2, 0) is 5.75 Å². The first-order valence-corrected chi connectivity index (χ1v) is 5.23. The third-order valence-corrected chi connectivity index (χ3v) is 2.58. The van der Waals surface area contributed by atoms with E-state index in [9.17, 15) is 4.79 Å². The minimum atomic E-state index is -0.887. The molecular weight excluding hydrogens is 196 g/mol. The monoisotopic (exact) mass is 206 g/mol. The van der Waals surface area contributed by atoms with Gasteiger partial charge >= 0.3 is 5.97 Å². The molecule has 0 fully saturated rings. The van der Waals surface area contributed by atoms with Gasteiger partial charge in [-0.25, -0.2) is 4.79 Å². The van der Waals surface area contributed by atoms with Crippen molar-refractivity contribution in [3.05, 3.63) is 35.4 Å². The zero-order valence-electron chi connectivity index (χ0n) is 7.56. The number of carboxylic acid groups (broad SMARTS) is 1. The first-order valence-electron chi connectivity index (χ1n) is 4.08. The van der Waals surface area contributed by atoms with Crippen LogP contribution in [0.5, 0.6) is 0 Å². The maximum Gasteiger partial charge on any atom is 0.335 e. The van der Waals surface area contributed by atoms with Crippen LogP contribution in [0.2, 0.25) is 0 Å². The lowest BCUT2D eigenvalue weighted by Crippen LogP contribution is -2.00. The van der Waals surface area contributed by atoms with Crippen LogP contribution in [0.1, 0.15) is 15.9 Å². The van der Waals surface area contributed by atoms with Gasteiger partial charge in [0, 0.05) is 5.75 Å². The number of benzene rings is 1. The molecule has 1 aromatic rings. The second kappa shape index (κ2) is 5.36. The summed E-state index contributed by atoms with van der Waals surface area (Å²) >= 11 is 1.54. The first-order chi connectivity index (χ1) is 6.75. The number of carboxylic acids is 1. The summed E-state index contributed by atoms with van der Waals surface area (Å²) < 4.78 is 0. The maximum atomic E-state index is 10.8. The molecule has 0 aromatic heterocycles. The van der Waals surface area contributed by atoms with E-state index in [0.717, 1.165) is 5.56 Å². The predicted molar refractivity (Wildman–Crippen MR) is 58.4 cm³/mol. The van der Waals surface area contributed by atoms with Gasteiger partial charge in [0.15, 0.2) is 0 Å². The van der Waals surface area contributed by atoms with Gasteiger partial charge in [-0.15, -0.1) is 18.2 Å². The summed E-state index contributed by atoms with van der Waals surface area (Å²) in [7, 11) is 0. The van der Waals surface area contributed by atoms with Crippen LogP contribution < -0.4 is 0 Å². The number of hydrogen-bond acceptors (Lipinski definition) is 2.